The van der Waals surface area contributed by atoms with Crippen LogP contribution in [0.4, 0.5) is 13.6 Å². The fraction of sp³-hybridized carbons (Fsp3) is 0.462. The van der Waals surface area contributed by atoms with E-state index in [1.807, 2.05) is 0 Å². The molecule has 2 N–H and O–H groups in total. The van der Waals surface area contributed by atoms with Gasteiger partial charge in [-0.05, 0) is 43.4 Å². The third-order valence-corrected chi connectivity index (χ3v) is 3.06. The Morgan fingerprint density at radius 1 is 1.22 bits per heavy atom. The zero-order valence-corrected chi connectivity index (χ0v) is 10.0. The SMILES string of the molecule is O=C(NCCc1cc(F)cc(F)c1)NC1CCC1. The second kappa shape index (κ2) is 5.80. The van der Waals surface area contributed by atoms with Crippen LogP contribution in [-0.2, 0) is 6.42 Å². The molecule has 0 heterocycles. The molecule has 2 rings (SSSR count). The molecule has 18 heavy (non-hydrogen) atoms. The molecule has 0 saturated heterocycles. The standard InChI is InChI=1S/C13H16F2N2O/c14-10-6-9(7-11(15)8-10)4-5-16-13(18)17-12-2-1-3-12/h6-8,12H,1-5H2,(H2,16,17,18). The lowest BCUT2D eigenvalue weighted by Crippen LogP contribution is -2.45. The lowest BCUT2D eigenvalue weighted by atomic mass is 9.93. The van der Waals surface area contributed by atoms with Gasteiger partial charge in [0.05, 0.1) is 0 Å². The van der Waals surface area contributed by atoms with Crippen LogP contribution in [0.3, 0.4) is 0 Å². The Morgan fingerprint density at radius 3 is 2.44 bits per heavy atom. The average Bonchev–Trinajstić information content (AvgIpc) is 2.22. The van der Waals surface area contributed by atoms with Crippen molar-refractivity contribution in [2.45, 2.75) is 31.7 Å². The molecule has 1 aliphatic rings. The van der Waals surface area contributed by atoms with Gasteiger partial charge >= 0.3 is 6.03 Å². The van der Waals surface area contributed by atoms with Gasteiger partial charge in [-0.3, -0.25) is 0 Å². The number of halogens is 2. The highest BCUT2D eigenvalue weighted by Gasteiger charge is 2.18. The first-order chi connectivity index (χ1) is 8.63. The van der Waals surface area contributed by atoms with Gasteiger partial charge in [-0.1, -0.05) is 0 Å². The Kier molecular flexibility index (Phi) is 4.12. The number of nitrogens with one attached hydrogen (secondary N) is 2. The minimum atomic E-state index is -0.594. The van der Waals surface area contributed by atoms with E-state index in [0.29, 0.717) is 18.5 Å². The molecule has 1 saturated carbocycles. The Balaban J connectivity index is 1.72. The number of carbonyl (C=O) groups is 1. The fourth-order valence-electron chi connectivity index (χ4n) is 1.86. The molecule has 5 heteroatoms. The van der Waals surface area contributed by atoms with Gasteiger partial charge in [0, 0.05) is 18.7 Å². The van der Waals surface area contributed by atoms with Crippen LogP contribution < -0.4 is 10.6 Å². The van der Waals surface area contributed by atoms with Gasteiger partial charge < -0.3 is 10.6 Å². The Hall–Kier alpha value is -1.65. The summed E-state index contributed by atoms with van der Waals surface area (Å²) in [5, 5.41) is 5.50. The average molecular weight is 254 g/mol. The number of urea groups is 1. The highest BCUT2D eigenvalue weighted by Crippen LogP contribution is 2.17. The maximum absolute atomic E-state index is 12.9. The van der Waals surface area contributed by atoms with E-state index >= 15 is 0 Å². The van der Waals surface area contributed by atoms with E-state index in [9.17, 15) is 13.6 Å². The van der Waals surface area contributed by atoms with E-state index < -0.39 is 11.6 Å². The van der Waals surface area contributed by atoms with Crippen molar-refractivity contribution in [2.24, 2.45) is 0 Å². The molecule has 3 nitrogen and oxygen atoms in total. The summed E-state index contributed by atoms with van der Waals surface area (Å²) in [4.78, 5) is 11.4. The maximum Gasteiger partial charge on any atom is 0.315 e. The summed E-state index contributed by atoms with van der Waals surface area (Å²) < 4.78 is 25.8. The van der Waals surface area contributed by atoms with Crippen molar-refractivity contribution in [3.05, 3.63) is 35.4 Å². The number of benzene rings is 1. The van der Waals surface area contributed by atoms with Crippen LogP contribution in [0.25, 0.3) is 0 Å². The third-order valence-electron chi connectivity index (χ3n) is 3.06. The molecule has 0 bridgehead atoms. The van der Waals surface area contributed by atoms with Crippen molar-refractivity contribution in [1.82, 2.24) is 10.6 Å². The van der Waals surface area contributed by atoms with E-state index in [-0.39, 0.29) is 12.1 Å². The van der Waals surface area contributed by atoms with E-state index in [4.69, 9.17) is 0 Å². The summed E-state index contributed by atoms with van der Waals surface area (Å²) in [6, 6.07) is 3.46. The number of amides is 2. The van der Waals surface area contributed by atoms with Gasteiger partial charge in [0.2, 0.25) is 0 Å². The molecule has 2 amide bonds. The van der Waals surface area contributed by atoms with Crippen molar-refractivity contribution < 1.29 is 13.6 Å². The normalized spacial score (nSPS) is 15.0. The lowest BCUT2D eigenvalue weighted by molar-refractivity contribution is 0.228. The minimum Gasteiger partial charge on any atom is -0.338 e. The summed E-state index contributed by atoms with van der Waals surface area (Å²) in [5.74, 6) is -1.19. The molecule has 0 radical (unpaired) electrons. The van der Waals surface area contributed by atoms with E-state index in [1.165, 1.54) is 12.1 Å². The Labute approximate surface area is 105 Å². The quantitative estimate of drug-likeness (QED) is 0.851. The summed E-state index contributed by atoms with van der Waals surface area (Å²) >= 11 is 0. The molecule has 0 spiro atoms. The van der Waals surface area contributed by atoms with Crippen molar-refractivity contribution in [2.75, 3.05) is 6.54 Å². The maximum atomic E-state index is 12.9. The first-order valence-corrected chi connectivity index (χ1v) is 6.13. The summed E-state index contributed by atoms with van der Waals surface area (Å²) in [6.45, 7) is 0.363. The second-order valence-electron chi connectivity index (χ2n) is 4.56. The first kappa shape index (κ1) is 12.8. The van der Waals surface area contributed by atoms with Crippen LogP contribution in [-0.4, -0.2) is 18.6 Å². The van der Waals surface area contributed by atoms with Gasteiger partial charge in [-0.15, -0.1) is 0 Å². The van der Waals surface area contributed by atoms with Gasteiger partial charge in [0.25, 0.3) is 0 Å². The van der Waals surface area contributed by atoms with Gasteiger partial charge in [-0.25, -0.2) is 13.6 Å². The zero-order chi connectivity index (χ0) is 13.0. The largest absolute Gasteiger partial charge is 0.338 e. The summed E-state index contributed by atoms with van der Waals surface area (Å²) in [7, 11) is 0. The summed E-state index contributed by atoms with van der Waals surface area (Å²) in [6.07, 6.45) is 3.63. The Morgan fingerprint density at radius 2 is 1.89 bits per heavy atom. The van der Waals surface area contributed by atoms with E-state index in [0.717, 1.165) is 25.3 Å². The highest BCUT2D eigenvalue weighted by atomic mass is 19.1. The van der Waals surface area contributed by atoms with Gasteiger partial charge in [0.15, 0.2) is 0 Å². The fourth-order valence-corrected chi connectivity index (χ4v) is 1.86. The van der Waals surface area contributed by atoms with Crippen molar-refractivity contribution in [1.29, 1.82) is 0 Å². The van der Waals surface area contributed by atoms with Crippen LogP contribution in [0.5, 0.6) is 0 Å². The predicted octanol–water partition coefficient (Wildman–Crippen LogP) is 2.36. The van der Waals surface area contributed by atoms with Crippen LogP contribution >= 0.6 is 0 Å². The lowest BCUT2D eigenvalue weighted by Gasteiger charge is -2.26. The molecule has 1 aliphatic carbocycles. The second-order valence-corrected chi connectivity index (χ2v) is 4.56. The molecule has 1 aromatic carbocycles. The predicted molar refractivity (Wildman–Crippen MR) is 64.2 cm³/mol. The number of rotatable bonds is 4. The third kappa shape index (κ3) is 3.68. The minimum absolute atomic E-state index is 0.212. The molecular weight excluding hydrogens is 238 g/mol. The molecule has 0 atom stereocenters. The molecule has 98 valence electrons. The molecule has 0 aromatic heterocycles. The monoisotopic (exact) mass is 254 g/mol. The topological polar surface area (TPSA) is 41.1 Å². The van der Waals surface area contributed by atoms with Crippen LogP contribution in [0, 0.1) is 11.6 Å². The molecule has 1 aromatic rings. The Bertz CT molecular complexity index is 413. The molecule has 0 aliphatic heterocycles. The van der Waals surface area contributed by atoms with Crippen molar-refractivity contribution in [3.63, 3.8) is 0 Å². The van der Waals surface area contributed by atoms with Crippen molar-refractivity contribution >= 4 is 6.03 Å². The van der Waals surface area contributed by atoms with Crippen LogP contribution in [0.1, 0.15) is 24.8 Å². The van der Waals surface area contributed by atoms with Gasteiger partial charge in [-0.2, -0.15) is 0 Å². The van der Waals surface area contributed by atoms with E-state index in [1.54, 1.807) is 0 Å². The zero-order valence-electron chi connectivity index (χ0n) is 10.0. The van der Waals surface area contributed by atoms with E-state index in [2.05, 4.69) is 10.6 Å². The highest BCUT2D eigenvalue weighted by molar-refractivity contribution is 5.74. The smallest absolute Gasteiger partial charge is 0.315 e. The van der Waals surface area contributed by atoms with Gasteiger partial charge in [0.1, 0.15) is 11.6 Å². The van der Waals surface area contributed by atoms with Crippen molar-refractivity contribution in [3.8, 4) is 0 Å². The molecule has 1 fully saturated rings. The van der Waals surface area contributed by atoms with Crippen LogP contribution in [0.15, 0.2) is 18.2 Å². The molecule has 0 unspecified atom stereocenters. The first-order valence-electron chi connectivity index (χ1n) is 6.13. The number of hydrogen-bond donors (Lipinski definition) is 2. The molecular formula is C13H16F2N2O. The number of carbonyl (C=O) groups excluding carboxylic acids is 1. The number of hydrogen-bond acceptors (Lipinski definition) is 1. The van der Waals surface area contributed by atoms with Crippen LogP contribution in [0.2, 0.25) is 0 Å². The summed E-state index contributed by atoms with van der Waals surface area (Å²) in [5.41, 5.74) is 0.538.